The number of benzene rings is 2. The van der Waals surface area contributed by atoms with Gasteiger partial charge in [-0.25, -0.2) is 0 Å². The molecular weight excluding hydrogens is 660 g/mol. The molecule has 3 amide bonds. The van der Waals surface area contributed by atoms with E-state index in [-0.39, 0.29) is 31.4 Å². The SMILES string of the molecule is C=CCCC(=O)N[C@@H](C)[C@H](OC(=O)[C@@H]1[C@H]2C(=O)N([C@@H](CC)CO)[C@H](C(=O)N(CC=C)c3ccc(N(CC)CC)cc3)[C@]23CC[C@H]1O3)c1ccccc1. The number of hydrogen-bond acceptors (Lipinski definition) is 8. The molecule has 2 bridgehead atoms. The fraction of sp³-hybridized carbons (Fsp3) is 0.512. The Labute approximate surface area is 307 Å². The van der Waals surface area contributed by atoms with E-state index in [9.17, 15) is 24.3 Å². The van der Waals surface area contributed by atoms with Gasteiger partial charge in [0.05, 0.1) is 36.6 Å². The van der Waals surface area contributed by atoms with Gasteiger partial charge in [0, 0.05) is 37.4 Å². The van der Waals surface area contributed by atoms with Crippen molar-refractivity contribution in [2.45, 2.75) is 95.7 Å². The van der Waals surface area contributed by atoms with Crippen molar-refractivity contribution in [3.05, 3.63) is 85.5 Å². The number of carbonyl (C=O) groups excluding carboxylic acids is 4. The first kappa shape index (κ1) is 38.7. The molecule has 0 unspecified atom stereocenters. The minimum atomic E-state index is -1.29. The van der Waals surface area contributed by atoms with Gasteiger partial charge in [0.2, 0.25) is 11.8 Å². The van der Waals surface area contributed by atoms with E-state index in [4.69, 9.17) is 9.47 Å². The van der Waals surface area contributed by atoms with Crippen molar-refractivity contribution >= 4 is 35.1 Å². The molecule has 0 saturated carbocycles. The van der Waals surface area contributed by atoms with E-state index in [1.54, 1.807) is 24.0 Å². The van der Waals surface area contributed by atoms with Crippen molar-refractivity contribution in [2.75, 3.05) is 36.0 Å². The number of nitrogens with zero attached hydrogens (tertiary/aromatic N) is 3. The average Bonchev–Trinajstić information content (AvgIpc) is 3.81. The van der Waals surface area contributed by atoms with Crippen LogP contribution in [0.5, 0.6) is 0 Å². The number of aliphatic hydroxyl groups is 1. The Kier molecular flexibility index (Phi) is 12.6. The molecule has 0 aromatic heterocycles. The molecule has 3 saturated heterocycles. The molecule has 5 rings (SSSR count). The standard InChI is InChI=1S/C41H54N4O7/c1-7-12-18-33(47)42-27(6)36(28-16-14-13-15-17-28)51-40(50)34-32-23-24-41(52-32)35(34)38(48)45(29(9-3)26-46)37(41)39(49)44(25-8-2)31-21-19-30(20-22-31)43(10-4)11-5/h7-8,13-17,19-22,27,29,32,34-37,46H,1-2,9-12,18,23-26H2,3-6H3,(H,42,47)/t27-,29-,32+,34-,35-,36-,37+,41-/m0/s1. The molecule has 11 nitrogen and oxygen atoms in total. The first-order chi connectivity index (χ1) is 25.1. The lowest BCUT2D eigenvalue weighted by atomic mass is 9.70. The number of aliphatic hydroxyl groups excluding tert-OH is 1. The molecular formula is C41H54N4O7. The van der Waals surface area contributed by atoms with Crippen molar-refractivity contribution in [3.8, 4) is 0 Å². The molecule has 11 heteroatoms. The van der Waals surface area contributed by atoms with Gasteiger partial charge in [0.15, 0.2) is 0 Å². The van der Waals surface area contributed by atoms with E-state index in [2.05, 4.69) is 37.2 Å². The maximum atomic E-state index is 14.9. The van der Waals surface area contributed by atoms with Crippen LogP contribution in [0.2, 0.25) is 0 Å². The molecule has 0 radical (unpaired) electrons. The Morgan fingerprint density at radius 3 is 2.33 bits per heavy atom. The number of allylic oxidation sites excluding steroid dienone is 1. The molecule has 3 aliphatic heterocycles. The van der Waals surface area contributed by atoms with Crippen LogP contribution in [0.3, 0.4) is 0 Å². The van der Waals surface area contributed by atoms with Gasteiger partial charge in [-0.1, -0.05) is 49.4 Å². The van der Waals surface area contributed by atoms with E-state index >= 15 is 0 Å². The van der Waals surface area contributed by atoms with Crippen molar-refractivity contribution < 1.29 is 33.8 Å². The third-order valence-electron chi connectivity index (χ3n) is 11.0. The molecule has 0 aliphatic carbocycles. The zero-order valence-electron chi connectivity index (χ0n) is 30.9. The van der Waals surface area contributed by atoms with Crippen LogP contribution in [-0.2, 0) is 28.7 Å². The van der Waals surface area contributed by atoms with Crippen LogP contribution in [0.4, 0.5) is 11.4 Å². The molecule has 8 atom stereocenters. The van der Waals surface area contributed by atoms with Crippen LogP contribution in [0.1, 0.15) is 71.5 Å². The molecule has 280 valence electrons. The summed E-state index contributed by atoms with van der Waals surface area (Å²) in [4.78, 5) is 62.0. The van der Waals surface area contributed by atoms with Gasteiger partial charge in [0.25, 0.3) is 5.91 Å². The fourth-order valence-electron chi connectivity index (χ4n) is 8.42. The summed E-state index contributed by atoms with van der Waals surface area (Å²) in [7, 11) is 0. The highest BCUT2D eigenvalue weighted by Crippen LogP contribution is 2.59. The van der Waals surface area contributed by atoms with Crippen molar-refractivity contribution in [3.63, 3.8) is 0 Å². The minimum absolute atomic E-state index is 0.183. The molecule has 3 fully saturated rings. The number of likely N-dealkylation sites (tertiary alicyclic amines) is 1. The van der Waals surface area contributed by atoms with E-state index in [1.165, 1.54) is 4.90 Å². The average molecular weight is 715 g/mol. The summed E-state index contributed by atoms with van der Waals surface area (Å²) in [6, 6.07) is 14.6. The quantitative estimate of drug-likeness (QED) is 0.164. The van der Waals surface area contributed by atoms with Crippen molar-refractivity contribution in [1.29, 1.82) is 0 Å². The monoisotopic (exact) mass is 714 g/mol. The lowest BCUT2D eigenvalue weighted by Crippen LogP contribution is -2.59. The summed E-state index contributed by atoms with van der Waals surface area (Å²) in [5.41, 5.74) is 1.07. The predicted molar refractivity (Wildman–Crippen MR) is 200 cm³/mol. The Balaban J connectivity index is 1.49. The van der Waals surface area contributed by atoms with Gasteiger partial charge in [-0.3, -0.25) is 19.2 Å². The van der Waals surface area contributed by atoms with Gasteiger partial charge < -0.3 is 34.6 Å². The number of ether oxygens (including phenoxy) is 2. The zero-order chi connectivity index (χ0) is 37.6. The molecule has 2 aromatic rings. The summed E-state index contributed by atoms with van der Waals surface area (Å²) < 4.78 is 12.9. The topological polar surface area (TPSA) is 129 Å². The van der Waals surface area contributed by atoms with Gasteiger partial charge in [0.1, 0.15) is 17.7 Å². The highest BCUT2D eigenvalue weighted by atomic mass is 16.6. The van der Waals surface area contributed by atoms with E-state index < -0.39 is 59.6 Å². The van der Waals surface area contributed by atoms with Crippen LogP contribution in [0.25, 0.3) is 0 Å². The van der Waals surface area contributed by atoms with Gasteiger partial charge >= 0.3 is 5.97 Å². The molecule has 2 aromatic carbocycles. The van der Waals surface area contributed by atoms with Crippen LogP contribution < -0.4 is 15.1 Å². The van der Waals surface area contributed by atoms with Crippen molar-refractivity contribution in [1.82, 2.24) is 10.2 Å². The number of esters is 1. The second kappa shape index (κ2) is 16.9. The number of rotatable bonds is 18. The predicted octanol–water partition coefficient (Wildman–Crippen LogP) is 4.95. The maximum absolute atomic E-state index is 14.9. The summed E-state index contributed by atoms with van der Waals surface area (Å²) in [5, 5.41) is 13.5. The second-order valence-electron chi connectivity index (χ2n) is 13.9. The molecule has 2 N–H and O–H groups in total. The summed E-state index contributed by atoms with van der Waals surface area (Å²) >= 11 is 0. The largest absolute Gasteiger partial charge is 0.455 e. The summed E-state index contributed by atoms with van der Waals surface area (Å²) in [6.07, 6.45) is 3.84. The van der Waals surface area contributed by atoms with E-state index in [1.807, 2.05) is 61.5 Å². The number of carbonyl (C=O) groups is 4. The first-order valence-corrected chi connectivity index (χ1v) is 18.6. The number of hydrogen-bond donors (Lipinski definition) is 2. The Bertz CT molecular complexity index is 1590. The summed E-state index contributed by atoms with van der Waals surface area (Å²) in [6.45, 7) is 16.9. The van der Waals surface area contributed by atoms with Crippen LogP contribution >= 0.6 is 0 Å². The van der Waals surface area contributed by atoms with Crippen LogP contribution in [0.15, 0.2) is 79.9 Å². The molecule has 52 heavy (non-hydrogen) atoms. The second-order valence-corrected chi connectivity index (χ2v) is 13.9. The van der Waals surface area contributed by atoms with Gasteiger partial charge in [-0.05, 0) is 76.3 Å². The lowest BCUT2D eigenvalue weighted by Gasteiger charge is -2.39. The number of anilines is 2. The van der Waals surface area contributed by atoms with E-state index in [0.717, 1.165) is 18.8 Å². The smallest absolute Gasteiger partial charge is 0.313 e. The fourth-order valence-corrected chi connectivity index (χ4v) is 8.42. The molecule has 3 aliphatic rings. The maximum Gasteiger partial charge on any atom is 0.313 e. The lowest BCUT2D eigenvalue weighted by molar-refractivity contribution is -0.162. The van der Waals surface area contributed by atoms with E-state index in [0.29, 0.717) is 36.9 Å². The first-order valence-electron chi connectivity index (χ1n) is 18.6. The van der Waals surface area contributed by atoms with Gasteiger partial charge in [-0.15, -0.1) is 13.2 Å². The summed E-state index contributed by atoms with van der Waals surface area (Å²) in [5.74, 6) is -3.54. The third-order valence-corrected chi connectivity index (χ3v) is 11.0. The molecule has 3 heterocycles. The van der Waals surface area contributed by atoms with Crippen LogP contribution in [-0.4, -0.2) is 89.8 Å². The Morgan fingerprint density at radius 1 is 1.06 bits per heavy atom. The van der Waals surface area contributed by atoms with Crippen molar-refractivity contribution in [2.24, 2.45) is 11.8 Å². The highest BCUT2D eigenvalue weighted by Gasteiger charge is 2.75. The highest BCUT2D eigenvalue weighted by molar-refractivity contribution is 6.05. The number of amides is 3. The van der Waals surface area contributed by atoms with Gasteiger partial charge in [-0.2, -0.15) is 0 Å². The Hall–Kier alpha value is -4.48. The zero-order valence-corrected chi connectivity index (χ0v) is 30.9. The third kappa shape index (κ3) is 7.25. The van der Waals surface area contributed by atoms with Crippen LogP contribution in [0, 0.1) is 11.8 Å². The molecule has 1 spiro atoms. The number of nitrogens with one attached hydrogen (secondary N) is 1. The number of fused-ring (bicyclic) bond motifs is 1. The normalized spacial score (nSPS) is 24.8. The Morgan fingerprint density at radius 2 is 1.73 bits per heavy atom. The minimum Gasteiger partial charge on any atom is -0.455 e.